The first-order valence-electron chi connectivity index (χ1n) is 5.65. The third kappa shape index (κ3) is 3.78. The fourth-order valence-electron chi connectivity index (χ4n) is 1.66. The number of sulfonamides is 1. The number of hydrogen-bond donors (Lipinski definition) is 2. The van der Waals surface area contributed by atoms with Crippen LogP contribution in [0.1, 0.15) is 5.56 Å². The number of nitrogen functional groups attached to an aromatic ring is 1. The molecule has 0 amide bonds. The molecule has 1 aromatic carbocycles. The zero-order chi connectivity index (χ0) is 15.5. The van der Waals surface area contributed by atoms with Gasteiger partial charge in [0.15, 0.2) is 0 Å². The molecule has 9 heteroatoms. The number of benzene rings is 1. The van der Waals surface area contributed by atoms with Crippen LogP contribution in [0, 0.1) is 6.92 Å². The van der Waals surface area contributed by atoms with Gasteiger partial charge in [0.1, 0.15) is 0 Å². The minimum Gasteiger partial charge on any atom is -0.398 e. The number of aliphatic hydroxyl groups is 1. The highest BCUT2D eigenvalue weighted by Gasteiger charge is 2.29. The van der Waals surface area contributed by atoms with Gasteiger partial charge in [-0.3, -0.25) is 0 Å². The van der Waals surface area contributed by atoms with Gasteiger partial charge in [-0.2, -0.15) is 4.31 Å². The summed E-state index contributed by atoms with van der Waals surface area (Å²) >= 11 is 5.76. The molecule has 0 saturated heterocycles. The topological polar surface area (TPSA) is 83.6 Å². The molecule has 0 bridgehead atoms. The van der Waals surface area contributed by atoms with E-state index in [1.54, 1.807) is 0 Å². The Morgan fingerprint density at radius 1 is 1.45 bits per heavy atom. The van der Waals surface area contributed by atoms with E-state index < -0.39 is 36.1 Å². The summed E-state index contributed by atoms with van der Waals surface area (Å²) in [5, 5.41) is 8.93. The lowest BCUT2D eigenvalue weighted by atomic mass is 10.2. The van der Waals surface area contributed by atoms with Crippen LogP contribution in [0.4, 0.5) is 14.5 Å². The molecule has 0 spiro atoms. The lowest BCUT2D eigenvalue weighted by molar-refractivity contribution is 0.113. The third-order valence-corrected chi connectivity index (χ3v) is 4.88. The Kier molecular flexibility index (Phi) is 5.69. The second-order valence-corrected chi connectivity index (χ2v) is 6.44. The highest BCUT2D eigenvalue weighted by atomic mass is 35.5. The van der Waals surface area contributed by atoms with Crippen molar-refractivity contribution in [3.05, 3.63) is 22.7 Å². The van der Waals surface area contributed by atoms with Crippen molar-refractivity contribution in [2.75, 3.05) is 25.4 Å². The normalized spacial score (nSPS) is 12.3. The van der Waals surface area contributed by atoms with Crippen molar-refractivity contribution < 1.29 is 22.3 Å². The molecule has 0 heterocycles. The molecule has 20 heavy (non-hydrogen) atoms. The molecular formula is C11H15ClF2N2O3S. The first-order chi connectivity index (χ1) is 9.20. The Labute approximate surface area is 121 Å². The molecular weight excluding hydrogens is 314 g/mol. The third-order valence-electron chi connectivity index (χ3n) is 2.67. The van der Waals surface area contributed by atoms with Gasteiger partial charge in [-0.1, -0.05) is 11.6 Å². The minimum atomic E-state index is -4.21. The van der Waals surface area contributed by atoms with Crippen LogP contribution in [-0.4, -0.2) is 44.0 Å². The highest BCUT2D eigenvalue weighted by Crippen LogP contribution is 2.28. The number of aliphatic hydroxyl groups excluding tert-OH is 1. The molecule has 0 aromatic heterocycles. The van der Waals surface area contributed by atoms with E-state index in [1.807, 2.05) is 0 Å². The number of nitrogens with zero attached hydrogens (tertiary/aromatic N) is 1. The zero-order valence-electron chi connectivity index (χ0n) is 10.7. The molecule has 0 unspecified atom stereocenters. The van der Waals surface area contributed by atoms with Crippen LogP contribution >= 0.6 is 11.6 Å². The maximum Gasteiger partial charge on any atom is 0.252 e. The van der Waals surface area contributed by atoms with Crippen molar-refractivity contribution in [1.82, 2.24) is 4.31 Å². The molecule has 0 aliphatic heterocycles. The van der Waals surface area contributed by atoms with E-state index in [1.165, 1.54) is 13.0 Å². The van der Waals surface area contributed by atoms with Crippen LogP contribution in [0.15, 0.2) is 17.0 Å². The Balaban J connectivity index is 3.33. The molecule has 0 aliphatic carbocycles. The molecule has 0 atom stereocenters. The number of hydrogen-bond acceptors (Lipinski definition) is 4. The van der Waals surface area contributed by atoms with E-state index in [0.717, 1.165) is 6.07 Å². The summed E-state index contributed by atoms with van der Waals surface area (Å²) in [6.45, 7) is -0.549. The van der Waals surface area contributed by atoms with Crippen LogP contribution in [0.5, 0.6) is 0 Å². The first-order valence-corrected chi connectivity index (χ1v) is 7.46. The molecule has 0 saturated carbocycles. The summed E-state index contributed by atoms with van der Waals surface area (Å²) in [6, 6.07) is 2.53. The van der Waals surface area contributed by atoms with Crippen LogP contribution in [0.25, 0.3) is 0 Å². The number of halogens is 3. The standard InChI is InChI=1S/C11H15ClF2N2O3S/c1-7-9(15)4-8(12)5-10(7)20(18,19)16(2-3-17)6-11(13)14/h4-5,11,17H,2-3,6,15H2,1H3. The number of rotatable bonds is 6. The largest absolute Gasteiger partial charge is 0.398 e. The molecule has 114 valence electrons. The highest BCUT2D eigenvalue weighted by molar-refractivity contribution is 7.89. The first kappa shape index (κ1) is 17.1. The van der Waals surface area contributed by atoms with E-state index >= 15 is 0 Å². The molecule has 5 nitrogen and oxygen atoms in total. The monoisotopic (exact) mass is 328 g/mol. The van der Waals surface area contributed by atoms with E-state index in [2.05, 4.69) is 0 Å². The zero-order valence-corrected chi connectivity index (χ0v) is 12.3. The number of alkyl halides is 2. The maximum atomic E-state index is 12.5. The average Bonchev–Trinajstić information content (AvgIpc) is 2.32. The molecule has 0 aliphatic rings. The van der Waals surface area contributed by atoms with E-state index in [9.17, 15) is 17.2 Å². The van der Waals surface area contributed by atoms with Crippen LogP contribution in [0.2, 0.25) is 5.02 Å². The SMILES string of the molecule is Cc1c(N)cc(Cl)cc1S(=O)(=O)N(CCO)CC(F)F. The van der Waals surface area contributed by atoms with E-state index in [-0.39, 0.29) is 21.2 Å². The second-order valence-electron chi connectivity index (χ2n) is 4.10. The number of nitrogens with two attached hydrogens (primary N) is 1. The Hall–Kier alpha value is -0.960. The van der Waals surface area contributed by atoms with Gasteiger partial charge in [0, 0.05) is 17.3 Å². The average molecular weight is 329 g/mol. The summed E-state index contributed by atoms with van der Waals surface area (Å²) in [6.07, 6.45) is -2.85. The predicted octanol–water partition coefficient (Wildman–Crippen LogP) is 1.48. The minimum absolute atomic E-state index is 0.0904. The van der Waals surface area contributed by atoms with Crippen molar-refractivity contribution in [2.24, 2.45) is 0 Å². The lowest BCUT2D eigenvalue weighted by Crippen LogP contribution is -2.37. The van der Waals surface area contributed by atoms with Gasteiger partial charge >= 0.3 is 0 Å². The van der Waals surface area contributed by atoms with Crippen molar-refractivity contribution in [2.45, 2.75) is 18.2 Å². The van der Waals surface area contributed by atoms with Crippen molar-refractivity contribution in [3.63, 3.8) is 0 Å². The fraction of sp³-hybridized carbons (Fsp3) is 0.455. The summed E-state index contributed by atoms with van der Waals surface area (Å²) in [5.41, 5.74) is 6.01. The number of anilines is 1. The van der Waals surface area contributed by atoms with Crippen LogP contribution in [0.3, 0.4) is 0 Å². The van der Waals surface area contributed by atoms with Crippen molar-refractivity contribution in [3.8, 4) is 0 Å². The van der Waals surface area contributed by atoms with Gasteiger partial charge in [0.25, 0.3) is 6.43 Å². The van der Waals surface area contributed by atoms with E-state index in [0.29, 0.717) is 4.31 Å². The van der Waals surface area contributed by atoms with Crippen molar-refractivity contribution >= 4 is 27.3 Å². The van der Waals surface area contributed by atoms with Gasteiger partial charge in [0.2, 0.25) is 10.0 Å². The Bertz CT molecular complexity index is 581. The quantitative estimate of drug-likeness (QED) is 0.775. The molecule has 1 rings (SSSR count). The van der Waals surface area contributed by atoms with E-state index in [4.69, 9.17) is 22.4 Å². The Morgan fingerprint density at radius 2 is 2.05 bits per heavy atom. The molecule has 0 fully saturated rings. The molecule has 0 radical (unpaired) electrons. The predicted molar refractivity (Wildman–Crippen MR) is 72.5 cm³/mol. The van der Waals surface area contributed by atoms with Crippen LogP contribution < -0.4 is 5.73 Å². The Morgan fingerprint density at radius 3 is 2.55 bits per heavy atom. The van der Waals surface area contributed by atoms with Gasteiger partial charge in [-0.25, -0.2) is 17.2 Å². The summed E-state index contributed by atoms with van der Waals surface area (Å²) in [5.74, 6) is 0. The summed E-state index contributed by atoms with van der Waals surface area (Å²) in [4.78, 5) is -0.239. The van der Waals surface area contributed by atoms with Crippen molar-refractivity contribution in [1.29, 1.82) is 0 Å². The van der Waals surface area contributed by atoms with Gasteiger partial charge < -0.3 is 10.8 Å². The molecule has 1 aromatic rings. The lowest BCUT2D eigenvalue weighted by Gasteiger charge is -2.22. The summed E-state index contributed by atoms with van der Waals surface area (Å²) < 4.78 is 50.2. The molecule has 3 N–H and O–H groups in total. The smallest absolute Gasteiger partial charge is 0.252 e. The van der Waals surface area contributed by atoms with Crippen LogP contribution in [-0.2, 0) is 10.0 Å². The fourth-order valence-corrected chi connectivity index (χ4v) is 3.64. The summed E-state index contributed by atoms with van der Waals surface area (Å²) in [7, 11) is -4.21. The maximum absolute atomic E-state index is 12.5. The van der Waals surface area contributed by atoms with Gasteiger partial charge in [0.05, 0.1) is 18.0 Å². The van der Waals surface area contributed by atoms with Gasteiger partial charge in [-0.15, -0.1) is 0 Å². The van der Waals surface area contributed by atoms with Gasteiger partial charge in [-0.05, 0) is 24.6 Å². The second kappa shape index (κ2) is 6.66.